The van der Waals surface area contributed by atoms with Gasteiger partial charge < -0.3 is 14.5 Å². The molecule has 0 spiro atoms. The van der Waals surface area contributed by atoms with E-state index in [1.54, 1.807) is 0 Å². The van der Waals surface area contributed by atoms with Gasteiger partial charge in [0.25, 0.3) is 0 Å². The number of nitrogens with zero attached hydrogens (tertiary/aromatic N) is 3. The van der Waals surface area contributed by atoms with Gasteiger partial charge in [-0.15, -0.1) is 0 Å². The minimum absolute atomic E-state index is 0.154. The molecule has 0 radical (unpaired) electrons. The van der Waals surface area contributed by atoms with E-state index < -0.39 is 0 Å². The zero-order chi connectivity index (χ0) is 18.4. The van der Waals surface area contributed by atoms with E-state index in [0.717, 1.165) is 52.1 Å². The Bertz CT molecular complexity index is 584. The van der Waals surface area contributed by atoms with Gasteiger partial charge in [-0.1, -0.05) is 25.1 Å². The highest BCUT2D eigenvalue weighted by molar-refractivity contribution is 5.77. The molecule has 1 aromatic carbocycles. The highest BCUT2D eigenvalue weighted by Crippen LogP contribution is 2.23. The van der Waals surface area contributed by atoms with Crippen molar-refractivity contribution < 1.29 is 9.53 Å². The van der Waals surface area contributed by atoms with Crippen LogP contribution in [0.2, 0.25) is 0 Å². The Morgan fingerprint density at radius 2 is 1.92 bits per heavy atom. The maximum Gasteiger partial charge on any atom is 0.248 e. The van der Waals surface area contributed by atoms with E-state index in [2.05, 4.69) is 47.9 Å². The van der Waals surface area contributed by atoms with Crippen molar-refractivity contribution in [3.63, 3.8) is 0 Å². The molecule has 0 unspecified atom stereocenters. The summed E-state index contributed by atoms with van der Waals surface area (Å²) in [6.07, 6.45) is 3.26. The number of benzene rings is 1. The number of aryl methyl sites for hydroxylation is 1. The largest absolute Gasteiger partial charge is 0.372 e. The number of hydrogen-bond acceptors (Lipinski definition) is 4. The molecule has 0 aliphatic carbocycles. The summed E-state index contributed by atoms with van der Waals surface area (Å²) in [6.45, 7) is 11.2. The van der Waals surface area contributed by atoms with Crippen molar-refractivity contribution >= 4 is 11.6 Å². The van der Waals surface area contributed by atoms with Crippen LogP contribution in [0, 0.1) is 6.92 Å². The molecule has 0 bridgehead atoms. The predicted octanol–water partition coefficient (Wildman–Crippen LogP) is 2.53. The quantitative estimate of drug-likeness (QED) is 0.732. The molecule has 3 rings (SSSR count). The lowest BCUT2D eigenvalue weighted by Gasteiger charge is -2.44. The number of carbonyl (C=O) groups is 1. The summed E-state index contributed by atoms with van der Waals surface area (Å²) in [6, 6.07) is 9.14. The van der Waals surface area contributed by atoms with E-state index in [0.29, 0.717) is 12.6 Å². The summed E-state index contributed by atoms with van der Waals surface area (Å²) in [5.41, 5.74) is 2.71. The van der Waals surface area contributed by atoms with Crippen LogP contribution in [0.5, 0.6) is 0 Å². The summed E-state index contributed by atoms with van der Waals surface area (Å²) in [4.78, 5) is 19.4. The van der Waals surface area contributed by atoms with Crippen LogP contribution in [0.25, 0.3) is 0 Å². The minimum atomic E-state index is 0.154. The molecule has 0 N–H and O–H groups in total. The third-order valence-electron chi connectivity index (χ3n) is 5.61. The van der Waals surface area contributed by atoms with E-state index in [4.69, 9.17) is 4.74 Å². The molecule has 0 saturated carbocycles. The summed E-state index contributed by atoms with van der Waals surface area (Å²) in [5, 5.41) is 0. The van der Waals surface area contributed by atoms with Crippen LogP contribution in [0.4, 0.5) is 5.69 Å². The van der Waals surface area contributed by atoms with Gasteiger partial charge in [0, 0.05) is 57.6 Å². The van der Waals surface area contributed by atoms with Crippen molar-refractivity contribution in [3.05, 3.63) is 29.8 Å². The summed E-state index contributed by atoms with van der Waals surface area (Å²) in [7, 11) is 0. The SMILES string of the molecule is CCCOCC(=O)N1CCC[C@H](N2CCN(c3ccccc3C)CC2)C1. The number of rotatable bonds is 6. The number of piperidine rings is 1. The van der Waals surface area contributed by atoms with E-state index in [-0.39, 0.29) is 12.5 Å². The molecule has 5 nitrogen and oxygen atoms in total. The molecule has 2 aliphatic rings. The molecular weight excluding hydrogens is 326 g/mol. The van der Waals surface area contributed by atoms with Crippen molar-refractivity contribution in [2.45, 2.75) is 39.2 Å². The average Bonchev–Trinajstić information content (AvgIpc) is 2.69. The van der Waals surface area contributed by atoms with Crippen LogP contribution < -0.4 is 4.90 Å². The van der Waals surface area contributed by atoms with Crippen molar-refractivity contribution in [1.82, 2.24) is 9.80 Å². The molecule has 2 saturated heterocycles. The Kier molecular flexibility index (Phi) is 6.92. The number of hydrogen-bond donors (Lipinski definition) is 0. The van der Waals surface area contributed by atoms with Gasteiger partial charge in [0.15, 0.2) is 0 Å². The first-order valence-electron chi connectivity index (χ1n) is 10.1. The number of ether oxygens (including phenoxy) is 1. The number of likely N-dealkylation sites (tertiary alicyclic amines) is 1. The summed E-state index contributed by atoms with van der Waals surface area (Å²) >= 11 is 0. The van der Waals surface area contributed by atoms with Gasteiger partial charge in [0.2, 0.25) is 5.91 Å². The van der Waals surface area contributed by atoms with Gasteiger partial charge in [-0.2, -0.15) is 0 Å². The van der Waals surface area contributed by atoms with Crippen LogP contribution in [0.15, 0.2) is 24.3 Å². The molecule has 1 aromatic rings. The third kappa shape index (κ3) is 4.77. The average molecular weight is 360 g/mol. The standard InChI is InChI=1S/C21H33N3O2/c1-3-15-26-17-21(25)24-10-6-8-19(16-24)22-11-13-23(14-12-22)20-9-5-4-7-18(20)2/h4-5,7,9,19H,3,6,8,10-17H2,1-2H3/t19-/m0/s1. The Morgan fingerprint density at radius 1 is 1.15 bits per heavy atom. The Morgan fingerprint density at radius 3 is 2.65 bits per heavy atom. The molecular formula is C21H33N3O2. The number of para-hydroxylation sites is 1. The van der Waals surface area contributed by atoms with E-state index in [1.165, 1.54) is 17.7 Å². The van der Waals surface area contributed by atoms with Crippen molar-refractivity contribution in [1.29, 1.82) is 0 Å². The first-order chi connectivity index (χ1) is 12.7. The third-order valence-corrected chi connectivity index (χ3v) is 5.61. The summed E-state index contributed by atoms with van der Waals surface area (Å²) in [5.74, 6) is 0.154. The number of carbonyl (C=O) groups excluding carboxylic acids is 1. The molecule has 0 aromatic heterocycles. The lowest BCUT2D eigenvalue weighted by molar-refractivity contribution is -0.138. The minimum Gasteiger partial charge on any atom is -0.372 e. The fourth-order valence-electron chi connectivity index (χ4n) is 4.12. The molecule has 2 fully saturated rings. The van der Waals surface area contributed by atoms with Gasteiger partial charge in [0.05, 0.1) is 0 Å². The molecule has 1 amide bonds. The molecule has 2 aliphatic heterocycles. The molecule has 2 heterocycles. The zero-order valence-corrected chi connectivity index (χ0v) is 16.3. The second kappa shape index (κ2) is 9.38. The number of anilines is 1. The van der Waals surface area contributed by atoms with Gasteiger partial charge in [-0.05, 0) is 37.8 Å². The van der Waals surface area contributed by atoms with Gasteiger partial charge in [0.1, 0.15) is 6.61 Å². The van der Waals surface area contributed by atoms with E-state index >= 15 is 0 Å². The zero-order valence-electron chi connectivity index (χ0n) is 16.3. The smallest absolute Gasteiger partial charge is 0.248 e. The summed E-state index contributed by atoms with van der Waals surface area (Å²) < 4.78 is 5.44. The highest BCUT2D eigenvalue weighted by Gasteiger charge is 2.30. The highest BCUT2D eigenvalue weighted by atomic mass is 16.5. The van der Waals surface area contributed by atoms with E-state index in [1.807, 2.05) is 4.90 Å². The molecule has 144 valence electrons. The lowest BCUT2D eigenvalue weighted by Crippen LogP contribution is -2.56. The van der Waals surface area contributed by atoms with Crippen LogP contribution in [0.3, 0.4) is 0 Å². The van der Waals surface area contributed by atoms with Gasteiger partial charge in [-0.3, -0.25) is 9.69 Å². The van der Waals surface area contributed by atoms with Gasteiger partial charge in [-0.25, -0.2) is 0 Å². The topological polar surface area (TPSA) is 36.0 Å². The van der Waals surface area contributed by atoms with E-state index in [9.17, 15) is 4.79 Å². The molecule has 5 heteroatoms. The molecule has 1 atom stereocenters. The first kappa shape index (κ1) is 19.2. The second-order valence-electron chi connectivity index (χ2n) is 7.50. The lowest BCUT2D eigenvalue weighted by atomic mass is 10.0. The Hall–Kier alpha value is -1.59. The van der Waals surface area contributed by atoms with Gasteiger partial charge >= 0.3 is 0 Å². The maximum absolute atomic E-state index is 12.3. The number of piperazine rings is 1. The Balaban J connectivity index is 1.49. The van der Waals surface area contributed by atoms with Crippen molar-refractivity contribution in [2.75, 3.05) is 57.4 Å². The predicted molar refractivity (Wildman–Crippen MR) is 106 cm³/mol. The molecule has 26 heavy (non-hydrogen) atoms. The van der Waals surface area contributed by atoms with Crippen LogP contribution >= 0.6 is 0 Å². The fraction of sp³-hybridized carbons (Fsp3) is 0.667. The number of amides is 1. The second-order valence-corrected chi connectivity index (χ2v) is 7.50. The first-order valence-corrected chi connectivity index (χ1v) is 10.1. The van der Waals surface area contributed by atoms with Crippen LogP contribution in [0.1, 0.15) is 31.7 Å². The van der Waals surface area contributed by atoms with Crippen molar-refractivity contribution in [3.8, 4) is 0 Å². The van der Waals surface area contributed by atoms with Crippen LogP contribution in [-0.2, 0) is 9.53 Å². The van der Waals surface area contributed by atoms with Crippen LogP contribution in [-0.4, -0.2) is 74.2 Å². The fourth-order valence-corrected chi connectivity index (χ4v) is 4.12. The monoisotopic (exact) mass is 359 g/mol. The van der Waals surface area contributed by atoms with Crippen molar-refractivity contribution in [2.24, 2.45) is 0 Å². The Labute approximate surface area is 157 Å². The maximum atomic E-state index is 12.3. The normalized spacial score (nSPS) is 21.8.